The molecule has 0 saturated carbocycles. The summed E-state index contributed by atoms with van der Waals surface area (Å²) in [6.07, 6.45) is 2.19. The minimum atomic E-state index is -1.05. The van der Waals surface area contributed by atoms with Crippen molar-refractivity contribution >= 4 is 35.4 Å². The number of nitrogens with one attached hydrogen (secondary N) is 4. The molecule has 10 nitrogen and oxygen atoms in total. The van der Waals surface area contributed by atoms with Crippen molar-refractivity contribution in [1.29, 1.82) is 0 Å². The van der Waals surface area contributed by atoms with Crippen LogP contribution in [0, 0.1) is 24.7 Å². The smallest absolute Gasteiger partial charge is 0.252 e. The van der Waals surface area contributed by atoms with Crippen molar-refractivity contribution in [1.82, 2.24) is 21.3 Å². The molecular weight excluding hydrogens is 616 g/mol. The van der Waals surface area contributed by atoms with Gasteiger partial charge < -0.3 is 31.5 Å². The minimum absolute atomic E-state index is 0.00983. The maximum Gasteiger partial charge on any atom is 0.252 e. The molecule has 0 aliphatic carbocycles. The number of phenolic OH excluding ortho intramolecular Hbond substituents is 1. The molecule has 0 heterocycles. The van der Waals surface area contributed by atoms with Crippen LogP contribution in [0.1, 0.15) is 81.8 Å². The second-order valence-electron chi connectivity index (χ2n) is 13.1. The van der Waals surface area contributed by atoms with E-state index in [4.69, 9.17) is 0 Å². The normalized spacial score (nSPS) is 14.5. The lowest BCUT2D eigenvalue weighted by Gasteiger charge is -2.30. The first-order valence-electron chi connectivity index (χ1n) is 16.4. The van der Waals surface area contributed by atoms with Crippen molar-refractivity contribution in [2.75, 3.05) is 12.0 Å². The minimum Gasteiger partial charge on any atom is -0.508 e. The molecule has 2 aromatic rings. The SMILES string of the molecule is CSCC[C@H](NC(=O)c1cccc(O)c1C)C(=O)N[C@@H](CC(C)C)[C@@H](O)C[C@@H](C)C(=O)N[C@@H](CC(C)C)C(=O)NCc1ccccc1. The van der Waals surface area contributed by atoms with Gasteiger partial charge in [0, 0.05) is 23.6 Å². The van der Waals surface area contributed by atoms with Crippen molar-refractivity contribution in [3.05, 3.63) is 65.2 Å². The molecule has 0 unspecified atom stereocenters. The number of hydrogen-bond acceptors (Lipinski definition) is 7. The first kappa shape index (κ1) is 39.6. The van der Waals surface area contributed by atoms with Crippen molar-refractivity contribution in [3.8, 4) is 5.75 Å². The summed E-state index contributed by atoms with van der Waals surface area (Å²) >= 11 is 1.54. The molecule has 0 saturated heterocycles. The second-order valence-corrected chi connectivity index (χ2v) is 14.1. The van der Waals surface area contributed by atoms with Gasteiger partial charge in [-0.1, -0.05) is 71.0 Å². The van der Waals surface area contributed by atoms with Gasteiger partial charge in [-0.3, -0.25) is 19.2 Å². The lowest BCUT2D eigenvalue weighted by atomic mass is 9.91. The van der Waals surface area contributed by atoms with E-state index in [-0.39, 0.29) is 41.4 Å². The van der Waals surface area contributed by atoms with E-state index in [0.29, 0.717) is 37.1 Å². The zero-order chi connectivity index (χ0) is 35.1. The fourth-order valence-electron chi connectivity index (χ4n) is 5.27. The number of aliphatic hydroxyl groups is 1. The molecule has 47 heavy (non-hydrogen) atoms. The van der Waals surface area contributed by atoms with Gasteiger partial charge in [0.1, 0.15) is 17.8 Å². The van der Waals surface area contributed by atoms with Crippen LogP contribution in [-0.4, -0.2) is 70.1 Å². The standard InChI is InChI=1S/C36H54N4O6S/c1-22(2)18-29(39-36(46)28(16-17-47-7)38-34(44)27-14-11-15-31(41)25(27)6)32(42)20-24(5)33(43)40-30(19-23(3)4)35(45)37-21-26-12-9-8-10-13-26/h8-15,22-24,28-30,32,41-42H,16-21H2,1-7H3,(H,37,45)(H,38,44)(H,39,46)(H,40,43)/t24-,28+,29+,30+,32+/m1/s1. The third kappa shape index (κ3) is 13.6. The second kappa shape index (κ2) is 19.9. The highest BCUT2D eigenvalue weighted by molar-refractivity contribution is 7.98. The Hall–Kier alpha value is -3.57. The lowest BCUT2D eigenvalue weighted by Crippen LogP contribution is -2.54. The summed E-state index contributed by atoms with van der Waals surface area (Å²) < 4.78 is 0. The molecular formula is C36H54N4O6S. The van der Waals surface area contributed by atoms with Crippen LogP contribution in [0.15, 0.2) is 48.5 Å². The number of carbonyl (C=O) groups excluding carboxylic acids is 4. The van der Waals surface area contributed by atoms with Gasteiger partial charge >= 0.3 is 0 Å². The largest absolute Gasteiger partial charge is 0.508 e. The first-order valence-corrected chi connectivity index (χ1v) is 17.8. The Morgan fingerprint density at radius 1 is 0.766 bits per heavy atom. The molecule has 2 rings (SSSR count). The molecule has 0 aliphatic rings. The highest BCUT2D eigenvalue weighted by Gasteiger charge is 2.31. The zero-order valence-corrected chi connectivity index (χ0v) is 29.7. The molecule has 260 valence electrons. The number of phenols is 1. The number of benzene rings is 2. The van der Waals surface area contributed by atoms with Crippen LogP contribution in [-0.2, 0) is 20.9 Å². The van der Waals surface area contributed by atoms with E-state index in [2.05, 4.69) is 21.3 Å². The number of rotatable bonds is 19. The molecule has 0 aliphatic heterocycles. The van der Waals surface area contributed by atoms with Crippen LogP contribution in [0.3, 0.4) is 0 Å². The summed E-state index contributed by atoms with van der Waals surface area (Å²) in [5.41, 5.74) is 1.64. The van der Waals surface area contributed by atoms with E-state index in [9.17, 15) is 29.4 Å². The van der Waals surface area contributed by atoms with Crippen LogP contribution < -0.4 is 21.3 Å². The third-order valence-electron chi connectivity index (χ3n) is 7.99. The van der Waals surface area contributed by atoms with Crippen molar-refractivity contribution < 1.29 is 29.4 Å². The Bertz CT molecular complexity index is 1310. The van der Waals surface area contributed by atoms with Gasteiger partial charge in [-0.15, -0.1) is 0 Å². The van der Waals surface area contributed by atoms with E-state index < -0.39 is 42.0 Å². The van der Waals surface area contributed by atoms with Crippen LogP contribution in [0.4, 0.5) is 0 Å². The van der Waals surface area contributed by atoms with Crippen molar-refractivity contribution in [2.45, 2.75) is 98.0 Å². The monoisotopic (exact) mass is 670 g/mol. The molecule has 0 aromatic heterocycles. The van der Waals surface area contributed by atoms with Gasteiger partial charge in [0.25, 0.3) is 5.91 Å². The molecule has 0 radical (unpaired) electrons. The first-order chi connectivity index (χ1) is 22.2. The molecule has 0 spiro atoms. The molecule has 6 N–H and O–H groups in total. The average Bonchev–Trinajstić information content (AvgIpc) is 3.02. The molecule has 5 atom stereocenters. The Balaban J connectivity index is 2.10. The lowest BCUT2D eigenvalue weighted by molar-refractivity contribution is -0.132. The predicted octanol–water partition coefficient (Wildman–Crippen LogP) is 4.32. The summed E-state index contributed by atoms with van der Waals surface area (Å²) in [6, 6.07) is 11.9. The van der Waals surface area contributed by atoms with E-state index in [1.165, 1.54) is 6.07 Å². The van der Waals surface area contributed by atoms with Crippen LogP contribution in [0.2, 0.25) is 0 Å². The Morgan fingerprint density at radius 2 is 1.43 bits per heavy atom. The summed E-state index contributed by atoms with van der Waals surface area (Å²) in [5.74, 6) is -1.30. The Labute approximate surface area is 284 Å². The summed E-state index contributed by atoms with van der Waals surface area (Å²) in [5, 5.41) is 32.9. The maximum absolute atomic E-state index is 13.6. The Morgan fingerprint density at radius 3 is 2.04 bits per heavy atom. The molecule has 2 aromatic carbocycles. The van der Waals surface area contributed by atoms with E-state index in [1.807, 2.05) is 64.3 Å². The number of hydrogen-bond donors (Lipinski definition) is 6. The van der Waals surface area contributed by atoms with E-state index in [0.717, 1.165) is 5.56 Å². The fraction of sp³-hybridized carbons (Fsp3) is 0.556. The number of amides is 4. The van der Waals surface area contributed by atoms with Gasteiger partial charge in [0.15, 0.2) is 0 Å². The van der Waals surface area contributed by atoms with Gasteiger partial charge in [0.2, 0.25) is 17.7 Å². The highest BCUT2D eigenvalue weighted by Crippen LogP contribution is 2.20. The quantitative estimate of drug-likeness (QED) is 0.130. The van der Waals surface area contributed by atoms with Gasteiger partial charge in [-0.25, -0.2) is 0 Å². The molecule has 11 heteroatoms. The summed E-state index contributed by atoms with van der Waals surface area (Å²) in [4.78, 5) is 53.0. The number of carbonyl (C=O) groups is 4. The Kier molecular flexibility index (Phi) is 16.8. The van der Waals surface area contributed by atoms with E-state index >= 15 is 0 Å². The van der Waals surface area contributed by atoms with Crippen LogP contribution >= 0.6 is 11.8 Å². The molecule has 4 amide bonds. The zero-order valence-electron chi connectivity index (χ0n) is 28.8. The average molecular weight is 671 g/mol. The van der Waals surface area contributed by atoms with Crippen molar-refractivity contribution in [3.63, 3.8) is 0 Å². The number of thioether (sulfide) groups is 1. The molecule has 0 fully saturated rings. The summed E-state index contributed by atoms with van der Waals surface area (Å²) in [6.45, 7) is 11.6. The summed E-state index contributed by atoms with van der Waals surface area (Å²) in [7, 11) is 0. The maximum atomic E-state index is 13.6. The third-order valence-corrected chi connectivity index (χ3v) is 8.64. The van der Waals surface area contributed by atoms with E-state index in [1.54, 1.807) is 37.7 Å². The number of aromatic hydroxyl groups is 1. The van der Waals surface area contributed by atoms with Crippen molar-refractivity contribution in [2.24, 2.45) is 17.8 Å². The van der Waals surface area contributed by atoms with Gasteiger partial charge in [-0.05, 0) is 74.1 Å². The van der Waals surface area contributed by atoms with Gasteiger partial charge in [0.05, 0.1) is 12.1 Å². The van der Waals surface area contributed by atoms with Crippen LogP contribution in [0.5, 0.6) is 5.75 Å². The number of aliphatic hydroxyl groups excluding tert-OH is 1. The topological polar surface area (TPSA) is 157 Å². The molecule has 0 bridgehead atoms. The fourth-order valence-corrected chi connectivity index (χ4v) is 5.74. The highest BCUT2D eigenvalue weighted by atomic mass is 32.2. The van der Waals surface area contributed by atoms with Gasteiger partial charge in [-0.2, -0.15) is 11.8 Å². The predicted molar refractivity (Wildman–Crippen MR) is 188 cm³/mol. The van der Waals surface area contributed by atoms with Crippen LogP contribution in [0.25, 0.3) is 0 Å².